The molecule has 1 amide bonds. The lowest BCUT2D eigenvalue weighted by molar-refractivity contribution is -0.148. The number of allylic oxidation sites excluding steroid dienone is 1. The number of fused-ring (bicyclic) bond motifs is 1. The Balaban J connectivity index is 1.90. The first-order valence-electron chi connectivity index (χ1n) is 9.98. The van der Waals surface area contributed by atoms with Crippen LogP contribution in [0.25, 0.3) is 0 Å². The molecule has 8 nitrogen and oxygen atoms in total. The van der Waals surface area contributed by atoms with Crippen LogP contribution in [-0.4, -0.2) is 51.0 Å². The number of benzene rings is 1. The summed E-state index contributed by atoms with van der Waals surface area (Å²) in [4.78, 5) is 25.0. The van der Waals surface area contributed by atoms with Crippen LogP contribution in [0.2, 0.25) is 0 Å². The van der Waals surface area contributed by atoms with Gasteiger partial charge in [-0.15, -0.1) is 10.2 Å². The average molecular weight is 490 g/mol. The topological polar surface area (TPSA) is 106 Å². The molecule has 1 aliphatic heterocycles. The van der Waals surface area contributed by atoms with Crippen LogP contribution in [0.3, 0.4) is 0 Å². The lowest BCUT2D eigenvalue weighted by atomic mass is 10.0. The molecule has 3 N–H and O–H groups in total. The van der Waals surface area contributed by atoms with Gasteiger partial charge in [0, 0.05) is 43.4 Å². The molecule has 0 spiro atoms. The Morgan fingerprint density at radius 2 is 1.85 bits per heavy atom. The van der Waals surface area contributed by atoms with Crippen molar-refractivity contribution in [2.75, 3.05) is 13.1 Å². The molecule has 0 saturated carbocycles. The second-order valence-corrected chi connectivity index (χ2v) is 7.72. The Bertz CT molecular complexity index is 1130. The zero-order chi connectivity index (χ0) is 25.2. The summed E-state index contributed by atoms with van der Waals surface area (Å²) < 4.78 is 81.2. The number of halogens is 6. The van der Waals surface area contributed by atoms with Crippen LogP contribution in [0.5, 0.6) is 0 Å². The first-order chi connectivity index (χ1) is 15.9. The van der Waals surface area contributed by atoms with Crippen molar-refractivity contribution < 1.29 is 35.9 Å². The predicted molar refractivity (Wildman–Crippen MR) is 105 cm³/mol. The minimum Gasteiger partial charge on any atom is -0.377 e. The molecular weight excluding hydrogens is 470 g/mol. The highest BCUT2D eigenvalue weighted by Gasteiger charge is 2.39. The van der Waals surface area contributed by atoms with Crippen molar-refractivity contribution in [2.24, 2.45) is 5.73 Å². The largest absolute Gasteiger partial charge is 0.451 e. The molecule has 2 heterocycles. The quantitative estimate of drug-likeness (QED) is 0.253. The highest BCUT2D eigenvalue weighted by Crippen LogP contribution is 2.29. The smallest absolute Gasteiger partial charge is 0.377 e. The van der Waals surface area contributed by atoms with Gasteiger partial charge in [0.25, 0.3) is 0 Å². The van der Waals surface area contributed by atoms with Gasteiger partial charge < -0.3 is 15.6 Å². The van der Waals surface area contributed by atoms with Crippen LogP contribution in [0.1, 0.15) is 24.1 Å². The number of aromatic nitrogens is 3. The maximum absolute atomic E-state index is 14.2. The summed E-state index contributed by atoms with van der Waals surface area (Å²) in [5, 5.41) is 9.44. The molecule has 2 aromatic rings. The third-order valence-corrected chi connectivity index (χ3v) is 5.28. The average Bonchev–Trinajstić information content (AvgIpc) is 3.19. The van der Waals surface area contributed by atoms with Crippen molar-refractivity contribution in [1.82, 2.24) is 25.0 Å². The molecule has 0 radical (unpaired) electrons. The van der Waals surface area contributed by atoms with E-state index in [1.54, 1.807) is 4.90 Å². The van der Waals surface area contributed by atoms with Crippen LogP contribution >= 0.6 is 0 Å². The number of hydrogen-bond acceptors (Lipinski definition) is 6. The first-order valence-corrected chi connectivity index (χ1v) is 9.98. The first kappa shape index (κ1) is 25.2. The van der Waals surface area contributed by atoms with E-state index in [2.05, 4.69) is 15.5 Å². The van der Waals surface area contributed by atoms with Crippen molar-refractivity contribution in [2.45, 2.75) is 38.7 Å². The molecule has 1 aromatic carbocycles. The van der Waals surface area contributed by atoms with Gasteiger partial charge in [-0.2, -0.15) is 13.2 Å². The zero-order valence-corrected chi connectivity index (χ0v) is 17.8. The number of hydrogen-bond donors (Lipinski definition) is 2. The molecular formula is C20H20F6N6O2. The van der Waals surface area contributed by atoms with E-state index in [-0.39, 0.29) is 48.8 Å². The maximum atomic E-state index is 14.2. The minimum absolute atomic E-state index is 0.0150. The number of primary amides is 1. The number of aldehydes is 1. The van der Waals surface area contributed by atoms with Gasteiger partial charge in [-0.05, 0) is 18.6 Å². The zero-order valence-electron chi connectivity index (χ0n) is 17.8. The summed E-state index contributed by atoms with van der Waals surface area (Å²) >= 11 is 0. The van der Waals surface area contributed by atoms with E-state index in [1.165, 1.54) is 6.92 Å². The fourth-order valence-corrected chi connectivity index (χ4v) is 3.48. The number of nitrogens with two attached hydrogens (primary N) is 1. The minimum atomic E-state index is -4.67. The fraction of sp³-hybridized carbons (Fsp3) is 0.400. The fourth-order valence-electron chi connectivity index (χ4n) is 3.48. The van der Waals surface area contributed by atoms with Gasteiger partial charge in [-0.3, -0.25) is 14.5 Å². The lowest BCUT2D eigenvalue weighted by Crippen LogP contribution is -2.41. The maximum Gasteiger partial charge on any atom is 0.451 e. The van der Waals surface area contributed by atoms with E-state index in [0.29, 0.717) is 18.4 Å². The Kier molecular flexibility index (Phi) is 7.29. The van der Waals surface area contributed by atoms with Gasteiger partial charge >= 0.3 is 6.18 Å². The molecule has 0 fully saturated rings. The third-order valence-electron chi connectivity index (χ3n) is 5.28. The van der Waals surface area contributed by atoms with Crippen molar-refractivity contribution in [3.05, 3.63) is 58.1 Å². The molecule has 1 aromatic heterocycles. The second kappa shape index (κ2) is 9.83. The summed E-state index contributed by atoms with van der Waals surface area (Å²) in [5.74, 6) is -5.64. The summed E-state index contributed by atoms with van der Waals surface area (Å²) in [6.07, 6.45) is -4.65. The Hall–Kier alpha value is -3.42. The third kappa shape index (κ3) is 5.55. The molecule has 3 rings (SSSR count). The predicted octanol–water partition coefficient (Wildman–Crippen LogP) is 1.69. The van der Waals surface area contributed by atoms with E-state index in [9.17, 15) is 35.9 Å². The van der Waals surface area contributed by atoms with Gasteiger partial charge in [0.15, 0.2) is 11.6 Å². The van der Waals surface area contributed by atoms with Gasteiger partial charge in [0.1, 0.15) is 24.0 Å². The van der Waals surface area contributed by atoms with Crippen LogP contribution in [0, 0.1) is 17.5 Å². The lowest BCUT2D eigenvalue weighted by Gasteiger charge is -2.29. The van der Waals surface area contributed by atoms with E-state index < -0.39 is 47.8 Å². The van der Waals surface area contributed by atoms with E-state index in [1.807, 2.05) is 0 Å². The number of carbonyl (C=O) groups excluding carboxylic acids is 2. The van der Waals surface area contributed by atoms with Gasteiger partial charge in [0.05, 0.1) is 6.54 Å². The van der Waals surface area contributed by atoms with Crippen molar-refractivity contribution in [3.63, 3.8) is 0 Å². The number of carbonyl (C=O) groups is 2. The van der Waals surface area contributed by atoms with E-state index in [0.717, 1.165) is 4.57 Å². The molecule has 0 unspecified atom stereocenters. The summed E-state index contributed by atoms with van der Waals surface area (Å²) in [6.45, 7) is 1.20. The standard InChI is InChI=1S/C20H20F6N6O2/c1-10(18(27)34)28-16(5-11-4-14(22)15(23)6-13(11)21)12(9-33)7-31-2-3-32-17(8-31)29-30-19(32)20(24,25)26/h4,6,9-10,28H,2-3,5,7-8H2,1H3,(H2,27,34)/b16-12-/t10-/m0/s1. The normalized spacial score (nSPS) is 16.0. The van der Waals surface area contributed by atoms with E-state index >= 15 is 0 Å². The molecule has 0 aliphatic carbocycles. The SMILES string of the molecule is C[C@H](N/C(Cc1cc(F)c(F)cc1F)=C(\C=O)CN1CCn2c(nnc2C(F)(F)F)C1)C(N)=O. The van der Waals surface area contributed by atoms with Gasteiger partial charge in [-0.1, -0.05) is 0 Å². The molecule has 0 bridgehead atoms. The van der Waals surface area contributed by atoms with E-state index in [4.69, 9.17) is 5.73 Å². The number of alkyl halides is 3. The Morgan fingerprint density at radius 1 is 1.18 bits per heavy atom. The summed E-state index contributed by atoms with van der Waals surface area (Å²) in [6, 6.07) is -0.0148. The molecule has 1 atom stereocenters. The van der Waals surface area contributed by atoms with Crippen LogP contribution in [-0.2, 0) is 35.3 Å². The van der Waals surface area contributed by atoms with Crippen molar-refractivity contribution in [1.29, 1.82) is 0 Å². The molecule has 0 saturated heterocycles. The number of amides is 1. The molecule has 184 valence electrons. The number of rotatable bonds is 8. The number of nitrogens with zero attached hydrogens (tertiary/aromatic N) is 4. The van der Waals surface area contributed by atoms with Gasteiger partial charge in [0.2, 0.25) is 11.7 Å². The Labute approximate surface area is 189 Å². The molecule has 14 heteroatoms. The van der Waals surface area contributed by atoms with Crippen molar-refractivity contribution in [3.8, 4) is 0 Å². The molecule has 1 aliphatic rings. The highest BCUT2D eigenvalue weighted by molar-refractivity contribution is 5.80. The second-order valence-electron chi connectivity index (χ2n) is 7.72. The monoisotopic (exact) mass is 490 g/mol. The number of nitrogens with one attached hydrogen (secondary N) is 1. The van der Waals surface area contributed by atoms with Crippen LogP contribution < -0.4 is 11.1 Å². The molecule has 34 heavy (non-hydrogen) atoms. The highest BCUT2D eigenvalue weighted by atomic mass is 19.4. The Morgan fingerprint density at radius 3 is 2.47 bits per heavy atom. The van der Waals surface area contributed by atoms with Crippen molar-refractivity contribution >= 4 is 12.2 Å². The van der Waals surface area contributed by atoms with Crippen LogP contribution in [0.15, 0.2) is 23.4 Å². The summed E-state index contributed by atoms with van der Waals surface area (Å²) in [7, 11) is 0. The van der Waals surface area contributed by atoms with Gasteiger partial charge in [-0.25, -0.2) is 13.2 Å². The summed E-state index contributed by atoms with van der Waals surface area (Å²) in [5.41, 5.74) is 5.00. The van der Waals surface area contributed by atoms with Crippen LogP contribution in [0.4, 0.5) is 26.3 Å².